The molecule has 0 saturated heterocycles. The molecule has 2 heterocycles. The molecule has 0 aliphatic carbocycles. The summed E-state index contributed by atoms with van der Waals surface area (Å²) in [5, 5.41) is 4.98. The molecule has 3 aromatic rings. The summed E-state index contributed by atoms with van der Waals surface area (Å²) >= 11 is 6.23. The van der Waals surface area contributed by atoms with Crippen LogP contribution in [0.25, 0.3) is 11.0 Å². The second kappa shape index (κ2) is 5.27. The van der Waals surface area contributed by atoms with E-state index in [0.29, 0.717) is 5.02 Å². The van der Waals surface area contributed by atoms with Crippen molar-refractivity contribution in [3.63, 3.8) is 0 Å². The van der Waals surface area contributed by atoms with Gasteiger partial charge < -0.3 is 9.73 Å². The zero-order chi connectivity index (χ0) is 14.1. The second-order valence-electron chi connectivity index (χ2n) is 4.81. The fraction of sp³-hybridized carbons (Fsp3) is 0.188. The van der Waals surface area contributed by atoms with Crippen molar-refractivity contribution >= 4 is 22.6 Å². The standard InChI is InChI=1S/C16H15ClN2O/c1-10-3-4-14-11(7-10)8-15(20-14)16(18-2)12-5-6-19-9-13(12)17/h3-9,16,18H,1-2H3. The number of fused-ring (bicyclic) bond motifs is 1. The van der Waals surface area contributed by atoms with Gasteiger partial charge in [0.25, 0.3) is 0 Å². The first-order chi connectivity index (χ1) is 9.69. The number of nitrogens with one attached hydrogen (secondary N) is 1. The Kier molecular flexibility index (Phi) is 3.47. The minimum atomic E-state index is -0.0850. The quantitative estimate of drug-likeness (QED) is 0.788. The van der Waals surface area contributed by atoms with Crippen LogP contribution < -0.4 is 5.32 Å². The third kappa shape index (κ3) is 2.30. The van der Waals surface area contributed by atoms with Crippen molar-refractivity contribution in [1.29, 1.82) is 0 Å². The van der Waals surface area contributed by atoms with Gasteiger partial charge in [-0.1, -0.05) is 23.2 Å². The molecule has 0 bridgehead atoms. The van der Waals surface area contributed by atoms with Gasteiger partial charge in [0.1, 0.15) is 11.3 Å². The molecule has 4 heteroatoms. The zero-order valence-electron chi connectivity index (χ0n) is 11.4. The van der Waals surface area contributed by atoms with Crippen molar-refractivity contribution in [1.82, 2.24) is 10.3 Å². The lowest BCUT2D eigenvalue weighted by molar-refractivity contribution is 0.491. The molecule has 0 saturated carbocycles. The Labute approximate surface area is 122 Å². The Balaban J connectivity index is 2.10. The third-order valence-electron chi connectivity index (χ3n) is 3.38. The molecular weight excluding hydrogens is 272 g/mol. The van der Waals surface area contributed by atoms with E-state index in [0.717, 1.165) is 22.3 Å². The average Bonchev–Trinajstić information content (AvgIpc) is 2.84. The largest absolute Gasteiger partial charge is 0.459 e. The molecule has 0 spiro atoms. The van der Waals surface area contributed by atoms with Crippen molar-refractivity contribution in [2.45, 2.75) is 13.0 Å². The van der Waals surface area contributed by atoms with Gasteiger partial charge in [-0.15, -0.1) is 0 Å². The summed E-state index contributed by atoms with van der Waals surface area (Å²) in [4.78, 5) is 4.02. The number of aromatic nitrogens is 1. The molecule has 3 nitrogen and oxygen atoms in total. The summed E-state index contributed by atoms with van der Waals surface area (Å²) in [6, 6.07) is 10.0. The van der Waals surface area contributed by atoms with Crippen LogP contribution in [0.5, 0.6) is 0 Å². The number of pyridine rings is 1. The maximum Gasteiger partial charge on any atom is 0.134 e. The minimum Gasteiger partial charge on any atom is -0.459 e. The number of hydrogen-bond donors (Lipinski definition) is 1. The van der Waals surface area contributed by atoms with Crippen LogP contribution >= 0.6 is 11.6 Å². The van der Waals surface area contributed by atoms with Crippen LogP contribution in [0.15, 0.2) is 47.1 Å². The Morgan fingerprint density at radius 3 is 2.85 bits per heavy atom. The van der Waals surface area contributed by atoms with Crippen LogP contribution in [-0.4, -0.2) is 12.0 Å². The van der Waals surface area contributed by atoms with Gasteiger partial charge in [0.15, 0.2) is 0 Å². The fourth-order valence-corrected chi connectivity index (χ4v) is 2.63. The molecule has 0 amide bonds. The number of benzene rings is 1. The van der Waals surface area contributed by atoms with Gasteiger partial charge in [-0.3, -0.25) is 4.98 Å². The number of hydrogen-bond acceptors (Lipinski definition) is 3. The van der Waals surface area contributed by atoms with Crippen LogP contribution in [0, 0.1) is 6.92 Å². The lowest BCUT2D eigenvalue weighted by Crippen LogP contribution is -2.17. The maximum atomic E-state index is 6.23. The van der Waals surface area contributed by atoms with Gasteiger partial charge >= 0.3 is 0 Å². The zero-order valence-corrected chi connectivity index (χ0v) is 12.1. The number of aryl methyl sites for hydroxylation is 1. The summed E-state index contributed by atoms with van der Waals surface area (Å²) < 4.78 is 5.94. The molecule has 1 N–H and O–H groups in total. The number of halogens is 1. The molecule has 20 heavy (non-hydrogen) atoms. The van der Waals surface area contributed by atoms with E-state index >= 15 is 0 Å². The SMILES string of the molecule is CNC(c1cc2cc(C)ccc2o1)c1ccncc1Cl. The van der Waals surface area contributed by atoms with E-state index in [1.54, 1.807) is 12.4 Å². The molecule has 1 unspecified atom stereocenters. The summed E-state index contributed by atoms with van der Waals surface area (Å²) in [6.07, 6.45) is 3.38. The Morgan fingerprint density at radius 1 is 1.25 bits per heavy atom. The molecule has 2 aromatic heterocycles. The van der Waals surface area contributed by atoms with E-state index in [1.165, 1.54) is 5.56 Å². The number of rotatable bonds is 3. The Hall–Kier alpha value is -1.84. The van der Waals surface area contributed by atoms with Crippen LogP contribution in [0.1, 0.15) is 22.9 Å². The summed E-state index contributed by atoms with van der Waals surface area (Å²) in [5.74, 6) is 0.848. The molecular formula is C16H15ClN2O. The van der Waals surface area contributed by atoms with E-state index in [9.17, 15) is 0 Å². The molecule has 1 aromatic carbocycles. The lowest BCUT2D eigenvalue weighted by atomic mass is 10.1. The smallest absolute Gasteiger partial charge is 0.134 e. The van der Waals surface area contributed by atoms with Crippen LogP contribution in [-0.2, 0) is 0 Å². The minimum absolute atomic E-state index is 0.0850. The maximum absolute atomic E-state index is 6.23. The van der Waals surface area contributed by atoms with Gasteiger partial charge in [0, 0.05) is 17.8 Å². The first-order valence-corrected chi connectivity index (χ1v) is 6.83. The van der Waals surface area contributed by atoms with E-state index in [1.807, 2.05) is 25.2 Å². The van der Waals surface area contributed by atoms with E-state index in [-0.39, 0.29) is 6.04 Å². The van der Waals surface area contributed by atoms with Crippen LogP contribution in [0.4, 0.5) is 0 Å². The molecule has 0 radical (unpaired) electrons. The van der Waals surface area contributed by atoms with E-state index in [4.69, 9.17) is 16.0 Å². The summed E-state index contributed by atoms with van der Waals surface area (Å²) in [5.41, 5.74) is 3.06. The molecule has 0 aliphatic heterocycles. The highest BCUT2D eigenvalue weighted by atomic mass is 35.5. The Morgan fingerprint density at radius 2 is 2.10 bits per heavy atom. The van der Waals surface area contributed by atoms with Crippen LogP contribution in [0.3, 0.4) is 0 Å². The monoisotopic (exact) mass is 286 g/mol. The van der Waals surface area contributed by atoms with Crippen molar-refractivity contribution in [3.05, 3.63) is 64.6 Å². The van der Waals surface area contributed by atoms with E-state index < -0.39 is 0 Å². The molecule has 3 rings (SSSR count). The molecule has 0 fully saturated rings. The van der Waals surface area contributed by atoms with Crippen LogP contribution in [0.2, 0.25) is 5.02 Å². The number of furan rings is 1. The highest BCUT2D eigenvalue weighted by molar-refractivity contribution is 6.31. The third-order valence-corrected chi connectivity index (χ3v) is 3.69. The molecule has 0 aliphatic rings. The fourth-order valence-electron chi connectivity index (χ4n) is 2.40. The highest BCUT2D eigenvalue weighted by Crippen LogP contribution is 2.31. The van der Waals surface area contributed by atoms with Crippen molar-refractivity contribution in [2.24, 2.45) is 0 Å². The van der Waals surface area contributed by atoms with Crippen molar-refractivity contribution in [3.8, 4) is 0 Å². The van der Waals surface area contributed by atoms with E-state index in [2.05, 4.69) is 29.4 Å². The molecule has 1 atom stereocenters. The normalized spacial score (nSPS) is 12.8. The predicted octanol–water partition coefficient (Wildman–Crippen LogP) is 4.10. The van der Waals surface area contributed by atoms with Crippen molar-refractivity contribution in [2.75, 3.05) is 7.05 Å². The first-order valence-electron chi connectivity index (χ1n) is 6.46. The number of nitrogens with zero attached hydrogens (tertiary/aromatic N) is 1. The molecule has 102 valence electrons. The predicted molar refractivity (Wildman–Crippen MR) is 81.1 cm³/mol. The van der Waals surface area contributed by atoms with Crippen molar-refractivity contribution < 1.29 is 4.42 Å². The van der Waals surface area contributed by atoms with Gasteiger partial charge in [-0.25, -0.2) is 0 Å². The summed E-state index contributed by atoms with van der Waals surface area (Å²) in [6.45, 7) is 2.07. The summed E-state index contributed by atoms with van der Waals surface area (Å²) in [7, 11) is 1.89. The van der Waals surface area contributed by atoms with Gasteiger partial charge in [0.05, 0.1) is 11.1 Å². The average molecular weight is 287 g/mol. The highest BCUT2D eigenvalue weighted by Gasteiger charge is 2.19. The van der Waals surface area contributed by atoms with Gasteiger partial charge in [0.2, 0.25) is 0 Å². The Bertz CT molecular complexity index is 751. The first kappa shape index (κ1) is 13.2. The second-order valence-corrected chi connectivity index (χ2v) is 5.22. The van der Waals surface area contributed by atoms with Gasteiger partial charge in [-0.05, 0) is 43.8 Å². The topological polar surface area (TPSA) is 38.1 Å². The lowest BCUT2D eigenvalue weighted by Gasteiger charge is -2.14. The van der Waals surface area contributed by atoms with Gasteiger partial charge in [-0.2, -0.15) is 0 Å².